The molecule has 2 fully saturated rings. The lowest BCUT2D eigenvalue weighted by molar-refractivity contribution is -0.256. The number of fused-ring (bicyclic) bond motifs is 2. The van der Waals surface area contributed by atoms with Crippen LogP contribution in [0.5, 0.6) is 11.5 Å². The maximum Gasteiger partial charge on any atom is 0.410 e. The Balaban J connectivity index is 1.26. The van der Waals surface area contributed by atoms with Gasteiger partial charge in [0.1, 0.15) is 42.4 Å². The number of rotatable bonds is 24. The third-order valence-corrected chi connectivity index (χ3v) is 13.9. The first-order valence-electron chi connectivity index (χ1n) is 24.8. The van der Waals surface area contributed by atoms with Gasteiger partial charge in [-0.05, 0) is 103 Å². The number of aliphatic hydroxyl groups excluding tert-OH is 2. The van der Waals surface area contributed by atoms with Gasteiger partial charge in [-0.3, -0.25) is 4.90 Å². The summed E-state index contributed by atoms with van der Waals surface area (Å²) in [7, 11) is 0. The van der Waals surface area contributed by atoms with Gasteiger partial charge in [-0.15, -0.1) is 6.58 Å². The Morgan fingerprint density at radius 2 is 1.67 bits per heavy atom. The Hall–Kier alpha value is -5.64. The van der Waals surface area contributed by atoms with Crippen molar-refractivity contribution < 1.29 is 57.0 Å². The van der Waals surface area contributed by atoms with Crippen LogP contribution < -0.4 is 9.47 Å². The van der Waals surface area contributed by atoms with E-state index in [1.807, 2.05) is 42.5 Å². The number of halogens is 2. The highest BCUT2D eigenvalue weighted by Gasteiger charge is 2.66. The smallest absolute Gasteiger partial charge is 0.410 e. The molecule has 0 aromatic heterocycles. The summed E-state index contributed by atoms with van der Waals surface area (Å²) in [5, 5.41) is 25.0. The van der Waals surface area contributed by atoms with Crippen molar-refractivity contribution in [3.05, 3.63) is 155 Å². The fourth-order valence-corrected chi connectivity index (χ4v) is 10.6. The predicted molar refractivity (Wildman–Crippen MR) is 260 cm³/mol. The third kappa shape index (κ3) is 12.3. The van der Waals surface area contributed by atoms with Crippen LogP contribution in [-0.2, 0) is 43.5 Å². The minimum Gasteiger partial charge on any atom is -0.489 e. The standard InChI is InChI=1S/C56H66F2N2O10/c1-2-29-68-56-51(60(36-39-21-23-43(57)24-22-39)55(63)66-32-31-64-37-40-14-4-3-5-15-40)35-49(59-70-52-20-10-13-30-65-52)46-33-41(16-8-11-27-61)45(18-9-12-28-62)53(54(46)56)47-34-44(25-26-50(47)69-56)67-38-42-17-6-7-19-48(42)58/h2-7,14-15,17,19,21-26,33-34,41,45,51-54,61-62H,1,8-13,16,18,20,27-32,35-38H2. The number of aliphatic hydroxyl groups is 2. The lowest BCUT2D eigenvalue weighted by atomic mass is 9.55. The monoisotopic (exact) mass is 964 g/mol. The fourth-order valence-electron chi connectivity index (χ4n) is 10.6. The largest absolute Gasteiger partial charge is 0.489 e. The molecule has 0 spiro atoms. The molecule has 14 heteroatoms. The molecule has 7 unspecified atom stereocenters. The molecule has 70 heavy (non-hydrogen) atoms. The zero-order valence-electron chi connectivity index (χ0n) is 39.8. The Morgan fingerprint density at radius 1 is 0.886 bits per heavy atom. The second kappa shape index (κ2) is 25.0. The number of allylic oxidation sites excluding steroid dienone is 1. The summed E-state index contributed by atoms with van der Waals surface area (Å²) in [6.07, 6.45) is 9.50. The highest BCUT2D eigenvalue weighted by molar-refractivity contribution is 6.03. The van der Waals surface area contributed by atoms with Crippen LogP contribution in [0.1, 0.15) is 92.4 Å². The lowest BCUT2D eigenvalue weighted by Crippen LogP contribution is -2.70. The van der Waals surface area contributed by atoms with Gasteiger partial charge in [0.15, 0.2) is 0 Å². The summed E-state index contributed by atoms with van der Waals surface area (Å²) >= 11 is 0. The molecule has 1 saturated heterocycles. The minimum absolute atomic E-state index is 0.00112. The van der Waals surface area contributed by atoms with Gasteiger partial charge in [-0.1, -0.05) is 90.8 Å². The van der Waals surface area contributed by atoms with Gasteiger partial charge in [-0.2, -0.15) is 0 Å². The Morgan fingerprint density at radius 3 is 2.43 bits per heavy atom. The molecule has 374 valence electrons. The van der Waals surface area contributed by atoms with Gasteiger partial charge in [-0.25, -0.2) is 13.6 Å². The minimum atomic E-state index is -1.60. The van der Waals surface area contributed by atoms with E-state index in [0.717, 1.165) is 55.2 Å². The molecule has 2 aliphatic carbocycles. The molecule has 4 aliphatic rings. The van der Waals surface area contributed by atoms with Crippen molar-refractivity contribution >= 4 is 11.8 Å². The van der Waals surface area contributed by atoms with Gasteiger partial charge in [0.05, 0.1) is 38.1 Å². The summed E-state index contributed by atoms with van der Waals surface area (Å²) in [5.41, 5.74) is 4.33. The van der Waals surface area contributed by atoms with Crippen LogP contribution in [0.4, 0.5) is 13.6 Å². The van der Waals surface area contributed by atoms with E-state index in [2.05, 4.69) is 12.7 Å². The van der Waals surface area contributed by atoms with E-state index in [1.54, 1.807) is 47.4 Å². The second-order valence-electron chi connectivity index (χ2n) is 18.5. The first kappa shape index (κ1) is 50.7. The maximum atomic E-state index is 15.0. The SMILES string of the molecule is C=CCOC12Oc3ccc(OCc4ccccc4F)cc3C3C(CCCCO)C(CCCCO)C=C(C(=NOC4CCCCO4)CC1N(Cc1ccc(F)cc1)C(=O)OCCOCc1ccccc1)C32. The number of hydrogen-bond donors (Lipinski definition) is 2. The number of amides is 1. The summed E-state index contributed by atoms with van der Waals surface area (Å²) < 4.78 is 68.2. The highest BCUT2D eigenvalue weighted by atomic mass is 19.1. The number of ether oxygens (including phenoxy) is 6. The lowest BCUT2D eigenvalue weighted by Gasteiger charge is -2.60. The fraction of sp³-hybridized carbons (Fsp3) is 0.464. The second-order valence-corrected chi connectivity index (χ2v) is 18.5. The normalized spacial score (nSPS) is 24.1. The molecule has 1 saturated carbocycles. The van der Waals surface area contributed by atoms with E-state index in [9.17, 15) is 23.8 Å². The first-order chi connectivity index (χ1) is 34.3. The van der Waals surface area contributed by atoms with Crippen LogP contribution >= 0.6 is 0 Å². The van der Waals surface area contributed by atoms with Crippen LogP contribution in [-0.4, -0.2) is 84.7 Å². The Bertz CT molecular complexity index is 2380. The van der Waals surface area contributed by atoms with E-state index in [0.29, 0.717) is 60.8 Å². The van der Waals surface area contributed by atoms with E-state index in [-0.39, 0.29) is 76.2 Å². The number of carbonyl (C=O) groups is 1. The topological polar surface area (TPSA) is 138 Å². The molecule has 2 heterocycles. The Labute approximate surface area is 409 Å². The molecule has 4 aromatic rings. The van der Waals surface area contributed by atoms with Gasteiger partial charge in [0.2, 0.25) is 12.1 Å². The van der Waals surface area contributed by atoms with Crippen LogP contribution in [0.15, 0.2) is 127 Å². The number of benzene rings is 4. The molecular formula is C56H66F2N2O10. The van der Waals surface area contributed by atoms with Crippen molar-refractivity contribution in [3.8, 4) is 11.5 Å². The van der Waals surface area contributed by atoms with Crippen molar-refractivity contribution in [3.63, 3.8) is 0 Å². The number of unbranched alkanes of at least 4 members (excludes halogenated alkanes) is 2. The zero-order chi connectivity index (χ0) is 48.7. The summed E-state index contributed by atoms with van der Waals surface area (Å²) in [6.45, 7) is 5.14. The number of carbonyl (C=O) groups excluding carboxylic acids is 1. The summed E-state index contributed by atoms with van der Waals surface area (Å²) in [6, 6.07) is 26.9. The zero-order valence-corrected chi connectivity index (χ0v) is 39.8. The van der Waals surface area contributed by atoms with E-state index in [4.69, 9.17) is 38.4 Å². The molecule has 0 bridgehead atoms. The molecule has 7 atom stereocenters. The van der Waals surface area contributed by atoms with Crippen molar-refractivity contribution in [2.45, 2.75) is 108 Å². The molecule has 0 radical (unpaired) electrons. The maximum absolute atomic E-state index is 15.0. The van der Waals surface area contributed by atoms with Crippen LogP contribution in [0, 0.1) is 29.4 Å². The first-order valence-corrected chi connectivity index (χ1v) is 24.8. The molecule has 8 rings (SSSR count). The molecule has 12 nitrogen and oxygen atoms in total. The number of nitrogens with zero attached hydrogens (tertiary/aromatic N) is 2. The Kier molecular flexibility index (Phi) is 18.1. The average Bonchev–Trinajstić information content (AvgIpc) is 3.38. The van der Waals surface area contributed by atoms with Crippen molar-refractivity contribution in [2.75, 3.05) is 39.6 Å². The van der Waals surface area contributed by atoms with E-state index in [1.165, 1.54) is 18.2 Å². The molecular weight excluding hydrogens is 899 g/mol. The van der Waals surface area contributed by atoms with Crippen molar-refractivity contribution in [1.82, 2.24) is 4.90 Å². The molecule has 2 N–H and O–H groups in total. The predicted octanol–water partition coefficient (Wildman–Crippen LogP) is 10.6. The third-order valence-electron chi connectivity index (χ3n) is 13.9. The molecule has 1 amide bonds. The van der Waals surface area contributed by atoms with Crippen LogP contribution in [0.3, 0.4) is 0 Å². The summed E-state index contributed by atoms with van der Waals surface area (Å²) in [4.78, 5) is 22.9. The van der Waals surface area contributed by atoms with Gasteiger partial charge in [0.25, 0.3) is 0 Å². The number of oxime groups is 1. The van der Waals surface area contributed by atoms with Gasteiger partial charge < -0.3 is 43.5 Å². The van der Waals surface area contributed by atoms with Crippen molar-refractivity contribution in [2.24, 2.45) is 22.9 Å². The van der Waals surface area contributed by atoms with Gasteiger partial charge in [0, 0.05) is 49.6 Å². The highest BCUT2D eigenvalue weighted by Crippen LogP contribution is 2.62. The molecule has 4 aromatic carbocycles. The summed E-state index contributed by atoms with van der Waals surface area (Å²) in [5.74, 6) is -2.39. The van der Waals surface area contributed by atoms with Crippen LogP contribution in [0.25, 0.3) is 0 Å². The van der Waals surface area contributed by atoms with E-state index >= 15 is 0 Å². The average molecular weight is 965 g/mol. The number of hydrogen-bond acceptors (Lipinski definition) is 11. The molecule has 2 aliphatic heterocycles. The van der Waals surface area contributed by atoms with Crippen LogP contribution in [0.2, 0.25) is 0 Å². The van der Waals surface area contributed by atoms with E-state index < -0.39 is 35.9 Å². The van der Waals surface area contributed by atoms with Crippen molar-refractivity contribution in [1.29, 1.82) is 0 Å². The van der Waals surface area contributed by atoms with Gasteiger partial charge >= 0.3 is 6.09 Å². The quantitative estimate of drug-likeness (QED) is 0.0397.